The van der Waals surface area contributed by atoms with Crippen LogP contribution in [0.5, 0.6) is 11.5 Å². The van der Waals surface area contributed by atoms with Crippen LogP contribution in [0.3, 0.4) is 0 Å². The fraction of sp³-hybridized carbons (Fsp3) is 0.250. The van der Waals surface area contributed by atoms with E-state index in [-0.39, 0.29) is 12.1 Å². The predicted molar refractivity (Wildman–Crippen MR) is 82.6 cm³/mol. The molecule has 0 radical (unpaired) electrons. The standard InChI is InChI=1S/C16H17ClN2O2/c17-12-6-2-1-5-11(12)9-13(19-18)16-10-20-14-7-3-4-8-15(14)21-16/h1-8,13,16,19H,9-10,18H2. The van der Waals surface area contributed by atoms with E-state index in [9.17, 15) is 0 Å². The Bertz CT molecular complexity index is 621. The van der Waals surface area contributed by atoms with Gasteiger partial charge in [-0.25, -0.2) is 0 Å². The van der Waals surface area contributed by atoms with Gasteiger partial charge in [0.25, 0.3) is 0 Å². The van der Waals surface area contributed by atoms with E-state index in [0.29, 0.717) is 13.0 Å². The van der Waals surface area contributed by atoms with Crippen LogP contribution in [-0.2, 0) is 6.42 Å². The summed E-state index contributed by atoms with van der Waals surface area (Å²) in [5.41, 5.74) is 3.85. The zero-order chi connectivity index (χ0) is 14.7. The van der Waals surface area contributed by atoms with Crippen LogP contribution in [0.2, 0.25) is 5.02 Å². The van der Waals surface area contributed by atoms with Gasteiger partial charge in [-0.05, 0) is 30.2 Å². The number of nitrogens with two attached hydrogens (primary N) is 1. The van der Waals surface area contributed by atoms with Crippen molar-refractivity contribution in [1.29, 1.82) is 0 Å². The number of benzene rings is 2. The van der Waals surface area contributed by atoms with E-state index in [1.807, 2.05) is 48.5 Å². The summed E-state index contributed by atoms with van der Waals surface area (Å²) in [7, 11) is 0. The Morgan fingerprint density at radius 3 is 2.62 bits per heavy atom. The lowest BCUT2D eigenvalue weighted by molar-refractivity contribution is 0.0620. The van der Waals surface area contributed by atoms with Crippen LogP contribution in [0.4, 0.5) is 0 Å². The van der Waals surface area contributed by atoms with Gasteiger partial charge >= 0.3 is 0 Å². The van der Waals surface area contributed by atoms with E-state index < -0.39 is 0 Å². The summed E-state index contributed by atoms with van der Waals surface area (Å²) >= 11 is 6.20. The molecular formula is C16H17ClN2O2. The molecule has 3 N–H and O–H groups in total. The monoisotopic (exact) mass is 304 g/mol. The van der Waals surface area contributed by atoms with Crippen LogP contribution >= 0.6 is 11.6 Å². The van der Waals surface area contributed by atoms with E-state index in [4.69, 9.17) is 26.9 Å². The van der Waals surface area contributed by atoms with Gasteiger partial charge in [0, 0.05) is 5.02 Å². The van der Waals surface area contributed by atoms with Crippen molar-refractivity contribution in [2.75, 3.05) is 6.61 Å². The van der Waals surface area contributed by atoms with Crippen LogP contribution in [0.25, 0.3) is 0 Å². The number of ether oxygens (including phenoxy) is 2. The fourth-order valence-corrected chi connectivity index (χ4v) is 2.65. The lowest BCUT2D eigenvalue weighted by Gasteiger charge is -2.32. The number of halogens is 1. The Morgan fingerprint density at radius 2 is 1.86 bits per heavy atom. The Hall–Kier alpha value is -1.75. The molecule has 2 atom stereocenters. The minimum atomic E-state index is -0.166. The third kappa shape index (κ3) is 3.13. The molecular weight excluding hydrogens is 288 g/mol. The number of para-hydroxylation sites is 2. The molecule has 4 nitrogen and oxygen atoms in total. The fourth-order valence-electron chi connectivity index (χ4n) is 2.43. The quantitative estimate of drug-likeness (QED) is 0.673. The summed E-state index contributed by atoms with van der Waals surface area (Å²) in [6.07, 6.45) is 0.507. The predicted octanol–water partition coefficient (Wildman–Crippen LogP) is 2.55. The summed E-state index contributed by atoms with van der Waals surface area (Å²) in [4.78, 5) is 0. The minimum Gasteiger partial charge on any atom is -0.486 e. The molecule has 5 heteroatoms. The Kier molecular flexibility index (Phi) is 4.29. The van der Waals surface area contributed by atoms with Gasteiger partial charge in [-0.1, -0.05) is 41.9 Å². The SMILES string of the molecule is NNC(Cc1ccccc1Cl)C1COc2ccccc2O1. The molecule has 0 spiro atoms. The van der Waals surface area contributed by atoms with Crippen molar-refractivity contribution in [2.24, 2.45) is 5.84 Å². The second kappa shape index (κ2) is 6.35. The van der Waals surface area contributed by atoms with Crippen molar-refractivity contribution in [3.8, 4) is 11.5 Å². The molecule has 0 amide bonds. The van der Waals surface area contributed by atoms with E-state index in [1.54, 1.807) is 0 Å². The second-order valence-electron chi connectivity index (χ2n) is 4.98. The molecule has 2 unspecified atom stereocenters. The number of hydrazine groups is 1. The highest BCUT2D eigenvalue weighted by molar-refractivity contribution is 6.31. The summed E-state index contributed by atoms with van der Waals surface area (Å²) in [5.74, 6) is 7.20. The Balaban J connectivity index is 1.74. The third-order valence-electron chi connectivity index (χ3n) is 3.59. The largest absolute Gasteiger partial charge is 0.486 e. The molecule has 0 bridgehead atoms. The maximum Gasteiger partial charge on any atom is 0.161 e. The molecule has 0 saturated heterocycles. The molecule has 1 aliphatic rings. The van der Waals surface area contributed by atoms with Gasteiger partial charge in [0.15, 0.2) is 11.5 Å². The zero-order valence-electron chi connectivity index (χ0n) is 11.5. The van der Waals surface area contributed by atoms with Crippen molar-refractivity contribution < 1.29 is 9.47 Å². The number of rotatable bonds is 4. The number of hydrogen-bond donors (Lipinski definition) is 2. The molecule has 2 aromatic carbocycles. The Labute approximate surface area is 128 Å². The van der Waals surface area contributed by atoms with Gasteiger partial charge in [0.2, 0.25) is 0 Å². The van der Waals surface area contributed by atoms with Gasteiger partial charge in [-0.3, -0.25) is 11.3 Å². The molecule has 1 heterocycles. The van der Waals surface area contributed by atoms with Crippen molar-refractivity contribution >= 4 is 11.6 Å². The summed E-state index contributed by atoms with van der Waals surface area (Å²) in [6.45, 7) is 0.455. The van der Waals surface area contributed by atoms with Crippen molar-refractivity contribution in [1.82, 2.24) is 5.43 Å². The number of hydrogen-bond acceptors (Lipinski definition) is 4. The maximum absolute atomic E-state index is 6.20. The minimum absolute atomic E-state index is 0.0849. The smallest absolute Gasteiger partial charge is 0.161 e. The Morgan fingerprint density at radius 1 is 1.14 bits per heavy atom. The normalized spacial score (nSPS) is 18.3. The third-order valence-corrected chi connectivity index (χ3v) is 3.96. The van der Waals surface area contributed by atoms with Crippen LogP contribution < -0.4 is 20.7 Å². The lowest BCUT2D eigenvalue weighted by atomic mass is 10.0. The molecule has 3 rings (SSSR count). The first-order valence-electron chi connectivity index (χ1n) is 6.86. The average Bonchev–Trinajstić information content (AvgIpc) is 2.54. The number of nitrogens with one attached hydrogen (secondary N) is 1. The van der Waals surface area contributed by atoms with Gasteiger partial charge in [-0.15, -0.1) is 0 Å². The molecule has 1 aliphatic heterocycles. The van der Waals surface area contributed by atoms with Gasteiger partial charge in [0.1, 0.15) is 12.7 Å². The highest BCUT2D eigenvalue weighted by Crippen LogP contribution is 2.32. The van der Waals surface area contributed by atoms with E-state index >= 15 is 0 Å². The molecule has 0 fully saturated rings. The molecule has 0 saturated carbocycles. The van der Waals surface area contributed by atoms with E-state index in [1.165, 1.54) is 0 Å². The highest BCUT2D eigenvalue weighted by atomic mass is 35.5. The van der Waals surface area contributed by atoms with Crippen LogP contribution in [-0.4, -0.2) is 18.8 Å². The van der Waals surface area contributed by atoms with Gasteiger partial charge < -0.3 is 9.47 Å². The van der Waals surface area contributed by atoms with Crippen LogP contribution in [0, 0.1) is 0 Å². The first kappa shape index (κ1) is 14.2. The topological polar surface area (TPSA) is 56.5 Å². The van der Waals surface area contributed by atoms with E-state index in [2.05, 4.69) is 5.43 Å². The molecule has 110 valence electrons. The second-order valence-corrected chi connectivity index (χ2v) is 5.39. The number of fused-ring (bicyclic) bond motifs is 1. The first-order valence-corrected chi connectivity index (χ1v) is 7.24. The molecule has 2 aromatic rings. The summed E-state index contributed by atoms with van der Waals surface area (Å²) < 4.78 is 11.7. The zero-order valence-corrected chi connectivity index (χ0v) is 12.2. The van der Waals surface area contributed by atoms with Crippen molar-refractivity contribution in [3.05, 3.63) is 59.1 Å². The summed E-state index contributed by atoms with van der Waals surface area (Å²) in [5, 5.41) is 0.731. The first-order chi connectivity index (χ1) is 10.3. The van der Waals surface area contributed by atoms with Gasteiger partial charge in [-0.2, -0.15) is 0 Å². The summed E-state index contributed by atoms with van der Waals surface area (Å²) in [6, 6.07) is 15.3. The lowest BCUT2D eigenvalue weighted by Crippen LogP contribution is -2.51. The van der Waals surface area contributed by atoms with Gasteiger partial charge in [0.05, 0.1) is 6.04 Å². The van der Waals surface area contributed by atoms with Crippen molar-refractivity contribution in [2.45, 2.75) is 18.6 Å². The van der Waals surface area contributed by atoms with Crippen LogP contribution in [0.15, 0.2) is 48.5 Å². The highest BCUT2D eigenvalue weighted by Gasteiger charge is 2.28. The van der Waals surface area contributed by atoms with E-state index in [0.717, 1.165) is 22.1 Å². The molecule has 0 aromatic heterocycles. The average molecular weight is 305 g/mol. The maximum atomic E-state index is 6.20. The molecule has 0 aliphatic carbocycles. The van der Waals surface area contributed by atoms with Crippen LogP contribution in [0.1, 0.15) is 5.56 Å². The molecule has 21 heavy (non-hydrogen) atoms. The van der Waals surface area contributed by atoms with Crippen molar-refractivity contribution in [3.63, 3.8) is 0 Å².